The summed E-state index contributed by atoms with van der Waals surface area (Å²) >= 11 is 6.88. The lowest BCUT2D eigenvalue weighted by Crippen LogP contribution is -2.27. The monoisotopic (exact) mass is 361 g/mol. The first-order valence-corrected chi connectivity index (χ1v) is 7.25. The quantitative estimate of drug-likeness (QED) is 0.792. The van der Waals surface area contributed by atoms with Crippen LogP contribution in [0.15, 0.2) is 16.6 Å². The van der Waals surface area contributed by atoms with Gasteiger partial charge in [0, 0.05) is 4.47 Å². The lowest BCUT2D eigenvalue weighted by Gasteiger charge is -2.16. The van der Waals surface area contributed by atoms with E-state index >= 15 is 0 Å². The molecule has 0 aliphatic carbocycles. The zero-order chi connectivity index (χ0) is 13.2. The van der Waals surface area contributed by atoms with Gasteiger partial charge in [-0.05, 0) is 52.9 Å². The molecule has 0 aromatic heterocycles. The highest BCUT2D eigenvalue weighted by atomic mass is 79.9. The SMILES string of the molecule is Cc1cc(C)c(NC(=O)C(Br)C(C)C)c(Br)c1. The molecule has 0 aliphatic rings. The Morgan fingerprint density at radius 2 is 1.88 bits per heavy atom. The highest BCUT2D eigenvalue weighted by Crippen LogP contribution is 2.28. The van der Waals surface area contributed by atoms with Crippen LogP contribution in [0.1, 0.15) is 25.0 Å². The Labute approximate surface area is 119 Å². The fourth-order valence-corrected chi connectivity index (χ4v) is 2.46. The molecule has 0 spiro atoms. The van der Waals surface area contributed by atoms with Crippen LogP contribution in [0.4, 0.5) is 5.69 Å². The minimum absolute atomic E-state index is 0.00680. The van der Waals surface area contributed by atoms with Crippen molar-refractivity contribution in [3.63, 3.8) is 0 Å². The van der Waals surface area contributed by atoms with E-state index in [4.69, 9.17) is 0 Å². The number of hydrogen-bond donors (Lipinski definition) is 1. The van der Waals surface area contributed by atoms with Gasteiger partial charge in [-0.3, -0.25) is 4.79 Å². The van der Waals surface area contributed by atoms with Crippen molar-refractivity contribution in [2.24, 2.45) is 5.92 Å². The largest absolute Gasteiger partial charge is 0.324 e. The normalized spacial score (nSPS) is 12.6. The second kappa shape index (κ2) is 6.01. The van der Waals surface area contributed by atoms with Crippen LogP contribution >= 0.6 is 31.9 Å². The number of rotatable bonds is 3. The fraction of sp³-hybridized carbons (Fsp3) is 0.462. The van der Waals surface area contributed by atoms with Gasteiger partial charge < -0.3 is 5.32 Å². The molecule has 0 heterocycles. The van der Waals surface area contributed by atoms with Gasteiger partial charge in [-0.2, -0.15) is 0 Å². The summed E-state index contributed by atoms with van der Waals surface area (Å²) in [6.07, 6.45) is 0. The molecule has 1 unspecified atom stereocenters. The van der Waals surface area contributed by atoms with E-state index in [0.29, 0.717) is 0 Å². The lowest BCUT2D eigenvalue weighted by molar-refractivity contribution is -0.116. The number of nitrogens with one attached hydrogen (secondary N) is 1. The number of halogens is 2. The summed E-state index contributed by atoms with van der Waals surface area (Å²) in [5.41, 5.74) is 3.09. The van der Waals surface area contributed by atoms with Crippen molar-refractivity contribution in [2.45, 2.75) is 32.5 Å². The van der Waals surface area contributed by atoms with E-state index in [1.165, 1.54) is 5.56 Å². The van der Waals surface area contributed by atoms with Crippen LogP contribution in [0.5, 0.6) is 0 Å². The van der Waals surface area contributed by atoms with Crippen LogP contribution in [0, 0.1) is 19.8 Å². The molecule has 1 N–H and O–H groups in total. The summed E-state index contributed by atoms with van der Waals surface area (Å²) < 4.78 is 0.923. The summed E-state index contributed by atoms with van der Waals surface area (Å²) in [4.78, 5) is 11.8. The third kappa shape index (κ3) is 3.81. The third-order valence-corrected chi connectivity index (χ3v) is 4.61. The van der Waals surface area contributed by atoms with Gasteiger partial charge in [0.2, 0.25) is 5.91 Å². The zero-order valence-corrected chi connectivity index (χ0v) is 13.6. The summed E-state index contributed by atoms with van der Waals surface area (Å²) in [5, 5.41) is 2.95. The van der Waals surface area contributed by atoms with Gasteiger partial charge >= 0.3 is 0 Å². The Hall–Kier alpha value is -0.350. The van der Waals surface area contributed by atoms with E-state index in [2.05, 4.69) is 43.2 Å². The molecule has 4 heteroatoms. The number of anilines is 1. The average Bonchev–Trinajstić information content (AvgIpc) is 2.21. The molecule has 94 valence electrons. The van der Waals surface area contributed by atoms with E-state index in [1.54, 1.807) is 0 Å². The van der Waals surface area contributed by atoms with Crippen LogP contribution in [-0.4, -0.2) is 10.7 Å². The third-order valence-electron chi connectivity index (χ3n) is 2.52. The van der Waals surface area contributed by atoms with Crippen LogP contribution in [-0.2, 0) is 4.79 Å². The summed E-state index contributed by atoms with van der Waals surface area (Å²) in [7, 11) is 0. The maximum Gasteiger partial charge on any atom is 0.238 e. The Kier molecular flexibility index (Phi) is 5.20. The molecular weight excluding hydrogens is 346 g/mol. The lowest BCUT2D eigenvalue weighted by atomic mass is 10.1. The van der Waals surface area contributed by atoms with Gasteiger partial charge in [0.25, 0.3) is 0 Å². The average molecular weight is 363 g/mol. The standard InChI is InChI=1S/C13H17Br2NO/c1-7(2)11(15)13(17)16-12-9(4)5-8(3)6-10(12)14/h5-7,11H,1-4H3,(H,16,17). The van der Waals surface area contributed by atoms with Crippen LogP contribution < -0.4 is 5.32 Å². The number of benzene rings is 1. The molecule has 1 atom stereocenters. The van der Waals surface area contributed by atoms with Crippen molar-refractivity contribution in [2.75, 3.05) is 5.32 Å². The molecule has 0 radical (unpaired) electrons. The number of hydrogen-bond acceptors (Lipinski definition) is 1. The zero-order valence-electron chi connectivity index (χ0n) is 10.5. The topological polar surface area (TPSA) is 29.1 Å². The van der Waals surface area contributed by atoms with Gasteiger partial charge in [-0.15, -0.1) is 0 Å². The minimum atomic E-state index is -0.171. The van der Waals surface area contributed by atoms with Crippen molar-refractivity contribution >= 4 is 43.5 Å². The second-order valence-corrected chi connectivity index (χ2v) is 6.41. The molecule has 0 saturated heterocycles. The Bertz CT molecular complexity index is 406. The van der Waals surface area contributed by atoms with E-state index < -0.39 is 0 Å². The molecule has 0 aliphatic heterocycles. The Balaban J connectivity index is 2.93. The molecule has 17 heavy (non-hydrogen) atoms. The van der Waals surface area contributed by atoms with E-state index in [9.17, 15) is 4.79 Å². The maximum atomic E-state index is 12.0. The van der Waals surface area contributed by atoms with Gasteiger partial charge in [-0.1, -0.05) is 35.8 Å². The van der Waals surface area contributed by atoms with E-state index in [0.717, 1.165) is 15.7 Å². The van der Waals surface area contributed by atoms with Crippen LogP contribution in [0.25, 0.3) is 0 Å². The van der Waals surface area contributed by atoms with Crippen LogP contribution in [0.2, 0.25) is 0 Å². The number of alkyl halides is 1. The molecule has 1 aromatic rings. The number of aryl methyl sites for hydroxylation is 2. The Morgan fingerprint density at radius 1 is 1.29 bits per heavy atom. The highest BCUT2D eigenvalue weighted by molar-refractivity contribution is 9.10. The first-order chi connectivity index (χ1) is 7.82. The van der Waals surface area contributed by atoms with Crippen molar-refractivity contribution in [1.82, 2.24) is 0 Å². The van der Waals surface area contributed by atoms with Crippen molar-refractivity contribution in [1.29, 1.82) is 0 Å². The minimum Gasteiger partial charge on any atom is -0.324 e. The fourth-order valence-electron chi connectivity index (χ4n) is 1.57. The summed E-state index contributed by atoms with van der Waals surface area (Å²) in [6, 6.07) is 4.06. The number of carbonyl (C=O) groups excluding carboxylic acids is 1. The summed E-state index contributed by atoms with van der Waals surface area (Å²) in [5.74, 6) is 0.257. The summed E-state index contributed by atoms with van der Waals surface area (Å²) in [6.45, 7) is 8.04. The van der Waals surface area contributed by atoms with Gasteiger partial charge in [-0.25, -0.2) is 0 Å². The smallest absolute Gasteiger partial charge is 0.238 e. The molecule has 1 amide bonds. The predicted octanol–water partition coefficient (Wildman–Crippen LogP) is 4.42. The molecule has 0 fully saturated rings. The predicted molar refractivity (Wildman–Crippen MR) is 79.8 cm³/mol. The van der Waals surface area contributed by atoms with Crippen LogP contribution in [0.3, 0.4) is 0 Å². The van der Waals surface area contributed by atoms with E-state index in [-0.39, 0.29) is 16.7 Å². The first-order valence-electron chi connectivity index (χ1n) is 5.54. The molecule has 0 saturated carbocycles. The molecule has 1 rings (SSSR count). The number of amides is 1. The first kappa shape index (κ1) is 14.7. The second-order valence-electron chi connectivity index (χ2n) is 4.57. The van der Waals surface area contributed by atoms with Gasteiger partial charge in [0.15, 0.2) is 0 Å². The van der Waals surface area contributed by atoms with Crippen molar-refractivity contribution < 1.29 is 4.79 Å². The number of carbonyl (C=O) groups is 1. The highest BCUT2D eigenvalue weighted by Gasteiger charge is 2.20. The molecular formula is C13H17Br2NO. The van der Waals surface area contributed by atoms with Crippen molar-refractivity contribution in [3.05, 3.63) is 27.7 Å². The Morgan fingerprint density at radius 3 is 2.35 bits per heavy atom. The molecule has 0 bridgehead atoms. The van der Waals surface area contributed by atoms with Crippen molar-refractivity contribution in [3.8, 4) is 0 Å². The van der Waals surface area contributed by atoms with Gasteiger partial charge in [0.1, 0.15) is 0 Å². The molecule has 2 nitrogen and oxygen atoms in total. The maximum absolute atomic E-state index is 12.0. The van der Waals surface area contributed by atoms with Gasteiger partial charge in [0.05, 0.1) is 10.5 Å². The van der Waals surface area contributed by atoms with E-state index in [1.807, 2.05) is 33.8 Å². The molecule has 1 aromatic carbocycles.